The second kappa shape index (κ2) is 8.20. The second-order valence-corrected chi connectivity index (χ2v) is 9.09. The third-order valence-corrected chi connectivity index (χ3v) is 6.35. The number of rotatable bonds is 3. The van der Waals surface area contributed by atoms with Gasteiger partial charge in [-0.1, -0.05) is 36.2 Å². The van der Waals surface area contributed by atoms with Crippen LogP contribution >= 0.6 is 23.2 Å². The number of benzene rings is 2. The minimum Gasteiger partial charge on any atom is -0.384 e. The summed E-state index contributed by atoms with van der Waals surface area (Å²) in [6.45, 7) is 3.28. The first-order valence-corrected chi connectivity index (χ1v) is 11.2. The van der Waals surface area contributed by atoms with E-state index in [1.54, 1.807) is 18.2 Å². The number of halogens is 2. The molecule has 0 saturated heterocycles. The van der Waals surface area contributed by atoms with Crippen molar-refractivity contribution in [2.75, 3.05) is 29.5 Å². The fraction of sp³-hybridized carbons (Fsp3) is 0.217. The average molecular weight is 482 g/mol. The van der Waals surface area contributed by atoms with Crippen LogP contribution < -0.4 is 21.6 Å². The van der Waals surface area contributed by atoms with Crippen molar-refractivity contribution in [3.05, 3.63) is 68.7 Å². The molecule has 1 aliphatic heterocycles. The normalized spacial score (nSPS) is 15.5. The van der Waals surface area contributed by atoms with Crippen LogP contribution in [0.3, 0.4) is 0 Å². The Morgan fingerprint density at radius 2 is 1.91 bits per heavy atom. The monoisotopic (exact) mass is 481 g/mol. The molecule has 168 valence electrons. The molecule has 1 atom stereocenters. The predicted octanol–water partition coefficient (Wildman–Crippen LogP) is 4.44. The summed E-state index contributed by atoms with van der Waals surface area (Å²) in [5.41, 5.74) is 9.47. The lowest BCUT2D eigenvalue weighted by Gasteiger charge is -2.32. The fourth-order valence-corrected chi connectivity index (χ4v) is 4.88. The lowest BCUT2D eigenvalue weighted by Crippen LogP contribution is -2.30. The van der Waals surface area contributed by atoms with Crippen LogP contribution in [0.25, 0.3) is 16.7 Å². The summed E-state index contributed by atoms with van der Waals surface area (Å²) in [5, 5.41) is 4.18. The molecule has 1 unspecified atom stereocenters. The van der Waals surface area contributed by atoms with Crippen LogP contribution in [-0.2, 0) is 6.42 Å². The minimum absolute atomic E-state index is 0.109. The summed E-state index contributed by atoms with van der Waals surface area (Å²) in [6, 6.07) is 11.1. The van der Waals surface area contributed by atoms with Gasteiger partial charge in [0.05, 0.1) is 21.1 Å². The maximum Gasteiger partial charge on any atom is 0.355 e. The van der Waals surface area contributed by atoms with Gasteiger partial charge in [-0.15, -0.1) is 0 Å². The number of para-hydroxylation sites is 1. The summed E-state index contributed by atoms with van der Waals surface area (Å²) in [4.78, 5) is 28.0. The summed E-state index contributed by atoms with van der Waals surface area (Å²) >= 11 is 12.5. The number of nitrogens with zero attached hydrogens (tertiary/aromatic N) is 5. The van der Waals surface area contributed by atoms with Crippen molar-refractivity contribution < 1.29 is 0 Å². The third kappa shape index (κ3) is 3.85. The van der Waals surface area contributed by atoms with Gasteiger partial charge in [0.1, 0.15) is 5.82 Å². The van der Waals surface area contributed by atoms with Crippen LogP contribution in [0.2, 0.25) is 10.0 Å². The number of anilines is 4. The molecule has 0 aliphatic carbocycles. The highest BCUT2D eigenvalue weighted by atomic mass is 35.5. The molecular formula is C23H21Cl2N7O. The molecule has 0 radical (unpaired) electrons. The van der Waals surface area contributed by atoms with Crippen LogP contribution in [0, 0.1) is 5.92 Å². The zero-order chi connectivity index (χ0) is 23.3. The van der Waals surface area contributed by atoms with Crippen molar-refractivity contribution in [3.63, 3.8) is 0 Å². The van der Waals surface area contributed by atoms with E-state index in [0.29, 0.717) is 17.3 Å². The first kappa shape index (κ1) is 21.5. The van der Waals surface area contributed by atoms with E-state index in [4.69, 9.17) is 28.9 Å². The Labute approximate surface area is 200 Å². The van der Waals surface area contributed by atoms with Gasteiger partial charge in [-0.25, -0.2) is 14.3 Å². The average Bonchev–Trinajstić information content (AvgIpc) is 2.75. The van der Waals surface area contributed by atoms with Crippen molar-refractivity contribution in [1.29, 1.82) is 0 Å². The van der Waals surface area contributed by atoms with Gasteiger partial charge in [0.2, 0.25) is 5.95 Å². The van der Waals surface area contributed by atoms with E-state index in [1.165, 1.54) is 22.0 Å². The van der Waals surface area contributed by atoms with Crippen molar-refractivity contribution in [2.45, 2.75) is 13.3 Å². The van der Waals surface area contributed by atoms with Crippen LogP contribution in [-0.4, -0.2) is 33.1 Å². The summed E-state index contributed by atoms with van der Waals surface area (Å²) in [5.74, 6) is 1.01. The summed E-state index contributed by atoms with van der Waals surface area (Å²) in [6.07, 6.45) is 2.54. The topological polar surface area (TPSA) is 102 Å². The lowest BCUT2D eigenvalue weighted by molar-refractivity contribution is 0.552. The molecule has 10 heteroatoms. The predicted molar refractivity (Wildman–Crippen MR) is 133 cm³/mol. The number of fused-ring (bicyclic) bond motifs is 2. The number of nitrogens with two attached hydrogens (primary N) is 1. The molecule has 2 aromatic heterocycles. The molecule has 2 aromatic carbocycles. The molecule has 0 fully saturated rings. The molecule has 3 N–H and O–H groups in total. The smallest absolute Gasteiger partial charge is 0.355 e. The van der Waals surface area contributed by atoms with Crippen LogP contribution in [0.4, 0.5) is 23.1 Å². The Balaban J connectivity index is 1.53. The molecule has 0 saturated carbocycles. The van der Waals surface area contributed by atoms with Crippen LogP contribution in [0.5, 0.6) is 0 Å². The Morgan fingerprint density at radius 1 is 1.15 bits per heavy atom. The minimum atomic E-state index is -0.634. The zero-order valence-electron chi connectivity index (χ0n) is 18.0. The van der Waals surface area contributed by atoms with Gasteiger partial charge in [0, 0.05) is 31.2 Å². The highest BCUT2D eigenvalue weighted by Gasteiger charge is 2.20. The Kier molecular flexibility index (Phi) is 5.34. The third-order valence-electron chi connectivity index (χ3n) is 5.74. The molecule has 1 aliphatic rings. The molecule has 3 heterocycles. The summed E-state index contributed by atoms with van der Waals surface area (Å²) < 4.78 is 1.17. The Hall–Kier alpha value is -3.36. The largest absolute Gasteiger partial charge is 0.384 e. The first-order valence-electron chi connectivity index (χ1n) is 10.4. The number of nitrogen functional groups attached to an aromatic ring is 1. The molecular weight excluding hydrogens is 461 g/mol. The van der Waals surface area contributed by atoms with E-state index in [-0.39, 0.29) is 27.2 Å². The van der Waals surface area contributed by atoms with Gasteiger partial charge < -0.3 is 16.0 Å². The van der Waals surface area contributed by atoms with Gasteiger partial charge in [0.25, 0.3) is 0 Å². The zero-order valence-corrected chi connectivity index (χ0v) is 19.5. The van der Waals surface area contributed by atoms with Gasteiger partial charge in [-0.05, 0) is 48.2 Å². The van der Waals surface area contributed by atoms with Crippen molar-refractivity contribution in [1.82, 2.24) is 19.5 Å². The summed E-state index contributed by atoms with van der Waals surface area (Å²) in [7, 11) is 2.10. The first-order chi connectivity index (χ1) is 15.8. The maximum atomic E-state index is 12.8. The van der Waals surface area contributed by atoms with E-state index < -0.39 is 5.69 Å². The van der Waals surface area contributed by atoms with Crippen molar-refractivity contribution >= 4 is 57.4 Å². The molecule has 4 aromatic rings. The molecule has 0 amide bonds. The van der Waals surface area contributed by atoms with E-state index >= 15 is 0 Å². The molecule has 0 spiro atoms. The lowest BCUT2D eigenvalue weighted by atomic mass is 9.94. The van der Waals surface area contributed by atoms with Gasteiger partial charge in [0.15, 0.2) is 5.65 Å². The number of hydrogen-bond acceptors (Lipinski definition) is 7. The van der Waals surface area contributed by atoms with Gasteiger partial charge in [-0.2, -0.15) is 9.97 Å². The highest BCUT2D eigenvalue weighted by Crippen LogP contribution is 2.32. The van der Waals surface area contributed by atoms with Crippen LogP contribution in [0.1, 0.15) is 12.5 Å². The van der Waals surface area contributed by atoms with Gasteiger partial charge in [-0.3, -0.25) is 0 Å². The highest BCUT2D eigenvalue weighted by molar-refractivity contribution is 6.37. The number of nitrogens with one attached hydrogen (secondary N) is 1. The van der Waals surface area contributed by atoms with Gasteiger partial charge >= 0.3 is 5.69 Å². The van der Waals surface area contributed by atoms with E-state index in [9.17, 15) is 4.79 Å². The molecule has 33 heavy (non-hydrogen) atoms. The molecule has 5 rings (SSSR count). The van der Waals surface area contributed by atoms with Crippen molar-refractivity contribution in [2.24, 2.45) is 5.92 Å². The number of aromatic nitrogens is 4. The Bertz CT molecular complexity index is 1430. The molecule has 0 bridgehead atoms. The fourth-order valence-electron chi connectivity index (χ4n) is 4.32. The standard InChI is InChI=1S/C23H21Cl2N7O/c1-12-8-13-9-14(6-7-18(13)31(2)11-12)28-22-27-10-15-20(26)32(23(33)30-21(15)29-22)19-16(24)4-3-5-17(19)25/h3-7,9-10,12H,8,11,26H2,1-2H3,(H,28,29,30,33). The van der Waals surface area contributed by atoms with E-state index in [2.05, 4.69) is 51.3 Å². The Morgan fingerprint density at radius 3 is 2.67 bits per heavy atom. The second-order valence-electron chi connectivity index (χ2n) is 8.27. The van der Waals surface area contributed by atoms with E-state index in [1.807, 2.05) is 6.07 Å². The van der Waals surface area contributed by atoms with Crippen molar-refractivity contribution in [3.8, 4) is 5.69 Å². The number of hydrogen-bond donors (Lipinski definition) is 2. The quantitative estimate of drug-likeness (QED) is 0.445. The molecule has 8 nitrogen and oxygen atoms in total. The van der Waals surface area contributed by atoms with Crippen LogP contribution in [0.15, 0.2) is 47.4 Å². The van der Waals surface area contributed by atoms with E-state index in [0.717, 1.165) is 18.7 Å². The SMILES string of the molecule is CC1Cc2cc(Nc3ncc4c(N)n(-c5c(Cl)cccc5Cl)c(=O)nc4n3)ccc2N(C)C1. The maximum absolute atomic E-state index is 12.8.